The molecule has 0 bridgehead atoms. The van der Waals surface area contributed by atoms with E-state index in [2.05, 4.69) is 23.6 Å². The molecule has 1 rings (SSSR count). The van der Waals surface area contributed by atoms with Crippen LogP contribution in [0.2, 0.25) is 0 Å². The molecule has 3 nitrogen and oxygen atoms in total. The third-order valence-electron chi connectivity index (χ3n) is 2.50. The van der Waals surface area contributed by atoms with E-state index in [1.54, 1.807) is 12.1 Å². The van der Waals surface area contributed by atoms with Crippen LogP contribution in [-0.2, 0) is 4.74 Å². The van der Waals surface area contributed by atoms with Gasteiger partial charge in [-0.05, 0) is 38.0 Å². The number of nitrogens with one attached hydrogen (secondary N) is 1. The van der Waals surface area contributed by atoms with Crippen molar-refractivity contribution in [2.75, 3.05) is 12.4 Å². The number of allylic oxidation sites excluding steroid dienone is 1. The highest BCUT2D eigenvalue weighted by Crippen LogP contribution is 2.14. The van der Waals surface area contributed by atoms with Gasteiger partial charge in [0.1, 0.15) is 0 Å². The highest BCUT2D eigenvalue weighted by Gasteiger charge is 2.06. The predicted octanol–water partition coefficient (Wildman–Crippen LogP) is 3.24. The minimum Gasteiger partial charge on any atom is -0.465 e. The quantitative estimate of drug-likeness (QED) is 0.605. The molecular weight excluding hydrogens is 214 g/mol. The Kier molecular flexibility index (Phi) is 5.27. The van der Waals surface area contributed by atoms with Gasteiger partial charge in [-0.1, -0.05) is 12.1 Å². The molecule has 0 aliphatic rings. The summed E-state index contributed by atoms with van der Waals surface area (Å²) in [6.07, 6.45) is 3.90. The van der Waals surface area contributed by atoms with Gasteiger partial charge < -0.3 is 10.1 Å². The monoisotopic (exact) mass is 233 g/mol. The molecule has 17 heavy (non-hydrogen) atoms. The Morgan fingerprint density at radius 1 is 1.59 bits per heavy atom. The van der Waals surface area contributed by atoms with Crippen molar-refractivity contribution in [3.63, 3.8) is 0 Å². The van der Waals surface area contributed by atoms with Crippen LogP contribution in [-0.4, -0.2) is 19.1 Å². The Labute approximate surface area is 102 Å². The van der Waals surface area contributed by atoms with Crippen LogP contribution < -0.4 is 5.32 Å². The number of carbonyl (C=O) groups excluding carboxylic acids is 1. The number of benzene rings is 1. The fourth-order valence-electron chi connectivity index (χ4n) is 1.58. The molecule has 0 saturated carbocycles. The highest BCUT2D eigenvalue weighted by molar-refractivity contribution is 5.90. The third-order valence-corrected chi connectivity index (χ3v) is 2.50. The third kappa shape index (κ3) is 4.31. The van der Waals surface area contributed by atoms with Gasteiger partial charge in [0.15, 0.2) is 0 Å². The number of hydrogen-bond acceptors (Lipinski definition) is 3. The highest BCUT2D eigenvalue weighted by atomic mass is 16.5. The molecule has 1 aromatic carbocycles. The summed E-state index contributed by atoms with van der Waals surface area (Å²) < 4.78 is 4.68. The number of hydrogen-bond donors (Lipinski definition) is 1. The molecule has 0 saturated heterocycles. The summed E-state index contributed by atoms with van der Waals surface area (Å²) in [5, 5.41) is 3.34. The summed E-state index contributed by atoms with van der Waals surface area (Å²) in [5.74, 6) is -0.313. The summed E-state index contributed by atoms with van der Waals surface area (Å²) in [6.45, 7) is 5.80. The van der Waals surface area contributed by atoms with Crippen LogP contribution >= 0.6 is 0 Å². The van der Waals surface area contributed by atoms with Crippen LogP contribution in [0.1, 0.15) is 30.1 Å². The van der Waals surface area contributed by atoms with Crippen LogP contribution in [0.5, 0.6) is 0 Å². The average Bonchev–Trinajstić information content (AvgIpc) is 2.35. The van der Waals surface area contributed by atoms with Gasteiger partial charge in [-0.2, -0.15) is 0 Å². The van der Waals surface area contributed by atoms with E-state index in [0.29, 0.717) is 11.6 Å². The van der Waals surface area contributed by atoms with Gasteiger partial charge in [-0.25, -0.2) is 4.79 Å². The first-order valence-corrected chi connectivity index (χ1v) is 5.73. The van der Waals surface area contributed by atoms with Crippen molar-refractivity contribution >= 4 is 11.7 Å². The molecule has 0 radical (unpaired) electrons. The Morgan fingerprint density at radius 2 is 2.35 bits per heavy atom. The number of methoxy groups -OCH3 is 1. The zero-order chi connectivity index (χ0) is 12.7. The fraction of sp³-hybridized carbons (Fsp3) is 0.357. The second-order valence-electron chi connectivity index (χ2n) is 3.98. The van der Waals surface area contributed by atoms with Crippen molar-refractivity contribution in [3.8, 4) is 0 Å². The van der Waals surface area contributed by atoms with Crippen LogP contribution in [0.4, 0.5) is 5.69 Å². The van der Waals surface area contributed by atoms with Crippen molar-refractivity contribution in [2.24, 2.45) is 0 Å². The summed E-state index contributed by atoms with van der Waals surface area (Å²) in [4.78, 5) is 11.4. The molecule has 0 spiro atoms. The minimum absolute atomic E-state index is 0.313. The lowest BCUT2D eigenvalue weighted by Crippen LogP contribution is -2.15. The largest absolute Gasteiger partial charge is 0.465 e. The zero-order valence-electron chi connectivity index (χ0n) is 10.4. The van der Waals surface area contributed by atoms with Crippen molar-refractivity contribution in [3.05, 3.63) is 42.5 Å². The van der Waals surface area contributed by atoms with E-state index in [0.717, 1.165) is 18.5 Å². The van der Waals surface area contributed by atoms with E-state index in [4.69, 9.17) is 0 Å². The number of ether oxygens (including phenoxy) is 1. The maximum Gasteiger partial charge on any atom is 0.337 e. The number of anilines is 1. The Hall–Kier alpha value is -1.77. The molecule has 0 heterocycles. The normalized spacial score (nSPS) is 11.6. The molecule has 0 aliphatic heterocycles. The summed E-state index contributed by atoms with van der Waals surface area (Å²) in [6, 6.07) is 7.67. The van der Waals surface area contributed by atoms with Crippen molar-refractivity contribution in [1.29, 1.82) is 0 Å². The summed E-state index contributed by atoms with van der Waals surface area (Å²) in [7, 11) is 1.38. The van der Waals surface area contributed by atoms with Crippen molar-refractivity contribution in [1.82, 2.24) is 0 Å². The first-order chi connectivity index (χ1) is 8.17. The molecule has 0 aromatic heterocycles. The molecule has 1 aromatic rings. The molecule has 1 N–H and O–H groups in total. The zero-order valence-corrected chi connectivity index (χ0v) is 10.4. The predicted molar refractivity (Wildman–Crippen MR) is 70.3 cm³/mol. The van der Waals surface area contributed by atoms with Crippen LogP contribution in [0.3, 0.4) is 0 Å². The molecule has 3 heteroatoms. The van der Waals surface area contributed by atoms with Gasteiger partial charge in [0.2, 0.25) is 0 Å². The second-order valence-corrected chi connectivity index (χ2v) is 3.98. The van der Waals surface area contributed by atoms with Crippen LogP contribution in [0, 0.1) is 0 Å². The number of carbonyl (C=O) groups is 1. The number of rotatable bonds is 6. The van der Waals surface area contributed by atoms with Crippen LogP contribution in [0.15, 0.2) is 36.9 Å². The summed E-state index contributed by atoms with van der Waals surface area (Å²) in [5.41, 5.74) is 1.50. The Bertz CT molecular complexity index is 388. The van der Waals surface area contributed by atoms with Crippen molar-refractivity contribution < 1.29 is 9.53 Å². The average molecular weight is 233 g/mol. The standard InChI is InChI=1S/C14H19NO2/c1-4-5-7-11(2)15-13-9-6-8-12(10-13)14(16)17-3/h4,6,8-11,15H,1,5,7H2,2-3H3. The van der Waals surface area contributed by atoms with Gasteiger partial charge in [0.25, 0.3) is 0 Å². The molecule has 1 atom stereocenters. The molecule has 0 amide bonds. The Balaban J connectivity index is 2.65. The smallest absolute Gasteiger partial charge is 0.337 e. The SMILES string of the molecule is C=CCCC(C)Nc1cccc(C(=O)OC)c1. The lowest BCUT2D eigenvalue weighted by Gasteiger charge is -2.14. The van der Waals surface area contributed by atoms with Gasteiger partial charge in [-0.3, -0.25) is 0 Å². The van der Waals surface area contributed by atoms with E-state index < -0.39 is 0 Å². The van der Waals surface area contributed by atoms with E-state index in [-0.39, 0.29) is 5.97 Å². The van der Waals surface area contributed by atoms with Gasteiger partial charge in [0, 0.05) is 11.7 Å². The molecular formula is C14H19NO2. The molecule has 1 unspecified atom stereocenters. The first kappa shape index (κ1) is 13.3. The second kappa shape index (κ2) is 6.74. The maximum atomic E-state index is 11.4. The van der Waals surface area contributed by atoms with Gasteiger partial charge >= 0.3 is 5.97 Å². The van der Waals surface area contributed by atoms with E-state index in [1.807, 2.05) is 18.2 Å². The first-order valence-electron chi connectivity index (χ1n) is 5.73. The maximum absolute atomic E-state index is 11.4. The lowest BCUT2D eigenvalue weighted by atomic mass is 10.1. The molecule has 0 aliphatic carbocycles. The van der Waals surface area contributed by atoms with Gasteiger partial charge in [-0.15, -0.1) is 6.58 Å². The minimum atomic E-state index is -0.313. The topological polar surface area (TPSA) is 38.3 Å². The van der Waals surface area contributed by atoms with E-state index >= 15 is 0 Å². The molecule has 0 fully saturated rings. The summed E-state index contributed by atoms with van der Waals surface area (Å²) >= 11 is 0. The van der Waals surface area contributed by atoms with Gasteiger partial charge in [0.05, 0.1) is 12.7 Å². The number of esters is 1. The van der Waals surface area contributed by atoms with E-state index in [9.17, 15) is 4.79 Å². The lowest BCUT2D eigenvalue weighted by molar-refractivity contribution is 0.0601. The van der Waals surface area contributed by atoms with Crippen LogP contribution in [0.25, 0.3) is 0 Å². The fourth-order valence-corrected chi connectivity index (χ4v) is 1.58. The van der Waals surface area contributed by atoms with E-state index in [1.165, 1.54) is 7.11 Å². The molecule has 92 valence electrons. The van der Waals surface area contributed by atoms with Crippen molar-refractivity contribution in [2.45, 2.75) is 25.8 Å². The Morgan fingerprint density at radius 3 is 3.00 bits per heavy atom.